The van der Waals surface area contributed by atoms with E-state index in [0.717, 1.165) is 22.3 Å². The smallest absolute Gasteiger partial charge is 0.243 e. The van der Waals surface area contributed by atoms with Crippen LogP contribution in [0.25, 0.3) is 0 Å². The number of aryl methyl sites for hydroxylation is 1. The summed E-state index contributed by atoms with van der Waals surface area (Å²) >= 11 is 6.21. The summed E-state index contributed by atoms with van der Waals surface area (Å²) in [6.45, 7) is 6.15. The minimum atomic E-state index is -0.647. The standard InChI is InChI=1S/C28H31ClN2O2/c1-20(2)30-28(33)26(17-22-10-5-4-6-11-22)31(19-24-13-8-14-25(29)16-24)27(32)18-23-12-7-9-21(3)15-23/h4-16,20,26H,17-19H2,1-3H3,(H,30,33)/t26-/m1/s1. The van der Waals surface area contributed by atoms with Gasteiger partial charge in [0, 0.05) is 24.0 Å². The third kappa shape index (κ3) is 7.47. The molecule has 3 aromatic carbocycles. The molecule has 0 spiro atoms. The lowest BCUT2D eigenvalue weighted by Crippen LogP contribution is -2.52. The van der Waals surface area contributed by atoms with Crippen molar-refractivity contribution in [3.63, 3.8) is 0 Å². The predicted octanol–water partition coefficient (Wildman–Crippen LogP) is 5.36. The summed E-state index contributed by atoms with van der Waals surface area (Å²) in [4.78, 5) is 28.7. The van der Waals surface area contributed by atoms with E-state index in [4.69, 9.17) is 11.6 Å². The van der Waals surface area contributed by atoms with Crippen LogP contribution in [-0.2, 0) is 29.0 Å². The number of halogens is 1. The van der Waals surface area contributed by atoms with Crippen molar-refractivity contribution in [1.82, 2.24) is 10.2 Å². The van der Waals surface area contributed by atoms with E-state index >= 15 is 0 Å². The summed E-state index contributed by atoms with van der Waals surface area (Å²) in [6.07, 6.45) is 0.655. The van der Waals surface area contributed by atoms with Gasteiger partial charge in [-0.15, -0.1) is 0 Å². The highest BCUT2D eigenvalue weighted by Gasteiger charge is 2.30. The van der Waals surface area contributed by atoms with Gasteiger partial charge in [-0.05, 0) is 49.6 Å². The first-order chi connectivity index (χ1) is 15.8. The van der Waals surface area contributed by atoms with E-state index in [0.29, 0.717) is 18.0 Å². The van der Waals surface area contributed by atoms with Crippen LogP contribution >= 0.6 is 11.6 Å². The highest BCUT2D eigenvalue weighted by molar-refractivity contribution is 6.30. The van der Waals surface area contributed by atoms with Crippen LogP contribution in [0.2, 0.25) is 5.02 Å². The van der Waals surface area contributed by atoms with E-state index in [1.165, 1.54) is 0 Å². The Kier molecular flexibility index (Phi) is 8.67. The molecule has 0 saturated heterocycles. The first-order valence-electron chi connectivity index (χ1n) is 11.3. The van der Waals surface area contributed by atoms with Crippen molar-refractivity contribution in [2.45, 2.75) is 52.2 Å². The van der Waals surface area contributed by atoms with Gasteiger partial charge in [0.25, 0.3) is 0 Å². The average Bonchev–Trinajstić information content (AvgIpc) is 2.76. The van der Waals surface area contributed by atoms with Gasteiger partial charge >= 0.3 is 0 Å². The molecular weight excluding hydrogens is 432 g/mol. The molecule has 1 N–H and O–H groups in total. The van der Waals surface area contributed by atoms with Crippen molar-refractivity contribution in [3.8, 4) is 0 Å². The lowest BCUT2D eigenvalue weighted by Gasteiger charge is -2.32. The second-order valence-electron chi connectivity index (χ2n) is 8.69. The Hall–Kier alpha value is -3.11. The Morgan fingerprint density at radius 1 is 0.879 bits per heavy atom. The quantitative estimate of drug-likeness (QED) is 0.465. The Balaban J connectivity index is 1.97. The fourth-order valence-corrected chi connectivity index (χ4v) is 4.08. The predicted molar refractivity (Wildman–Crippen MR) is 134 cm³/mol. The molecule has 0 aliphatic carbocycles. The van der Waals surface area contributed by atoms with Crippen LogP contribution in [0.1, 0.15) is 36.1 Å². The summed E-state index contributed by atoms with van der Waals surface area (Å²) in [6, 6.07) is 24.5. The molecular formula is C28H31ClN2O2. The maximum absolute atomic E-state index is 13.6. The Morgan fingerprint density at radius 2 is 1.55 bits per heavy atom. The van der Waals surface area contributed by atoms with Crippen LogP contribution in [0.3, 0.4) is 0 Å². The van der Waals surface area contributed by atoms with Gasteiger partial charge in [-0.1, -0.05) is 83.9 Å². The minimum Gasteiger partial charge on any atom is -0.352 e. The monoisotopic (exact) mass is 462 g/mol. The minimum absolute atomic E-state index is 0.0318. The van der Waals surface area contributed by atoms with Gasteiger partial charge in [-0.25, -0.2) is 0 Å². The average molecular weight is 463 g/mol. The van der Waals surface area contributed by atoms with E-state index < -0.39 is 6.04 Å². The van der Waals surface area contributed by atoms with Crippen molar-refractivity contribution in [2.75, 3.05) is 0 Å². The topological polar surface area (TPSA) is 49.4 Å². The lowest BCUT2D eigenvalue weighted by molar-refractivity contribution is -0.141. The molecule has 0 bridgehead atoms. The zero-order valence-corrected chi connectivity index (χ0v) is 20.2. The maximum atomic E-state index is 13.6. The van der Waals surface area contributed by atoms with Gasteiger partial charge in [0.15, 0.2) is 0 Å². The SMILES string of the molecule is Cc1cccc(CC(=O)N(Cc2cccc(Cl)c2)[C@H](Cc2ccccc2)C(=O)NC(C)C)c1. The fourth-order valence-electron chi connectivity index (χ4n) is 3.86. The number of benzene rings is 3. The highest BCUT2D eigenvalue weighted by Crippen LogP contribution is 2.19. The molecule has 1 atom stereocenters. The second kappa shape index (κ2) is 11.7. The summed E-state index contributed by atoms with van der Waals surface area (Å²) in [5.74, 6) is -0.256. The van der Waals surface area contributed by atoms with Crippen molar-refractivity contribution in [1.29, 1.82) is 0 Å². The van der Waals surface area contributed by atoms with Crippen molar-refractivity contribution < 1.29 is 9.59 Å². The maximum Gasteiger partial charge on any atom is 0.243 e. The third-order valence-electron chi connectivity index (χ3n) is 5.38. The van der Waals surface area contributed by atoms with Gasteiger partial charge in [-0.3, -0.25) is 9.59 Å². The molecule has 0 aromatic heterocycles. The molecule has 0 aliphatic heterocycles. The molecule has 4 nitrogen and oxygen atoms in total. The molecule has 5 heteroatoms. The number of carbonyl (C=O) groups is 2. The molecule has 3 rings (SSSR count). The molecule has 0 radical (unpaired) electrons. The number of nitrogens with zero attached hydrogens (tertiary/aromatic N) is 1. The third-order valence-corrected chi connectivity index (χ3v) is 5.62. The van der Waals surface area contributed by atoms with Gasteiger partial charge in [-0.2, -0.15) is 0 Å². The largest absolute Gasteiger partial charge is 0.352 e. The van der Waals surface area contributed by atoms with Crippen LogP contribution < -0.4 is 5.32 Å². The van der Waals surface area contributed by atoms with Gasteiger partial charge in [0.05, 0.1) is 6.42 Å². The number of hydrogen-bond acceptors (Lipinski definition) is 2. The summed E-state index contributed by atoms with van der Waals surface area (Å²) in [5, 5.41) is 3.61. The molecule has 0 saturated carbocycles. The van der Waals surface area contributed by atoms with E-state index in [-0.39, 0.29) is 24.3 Å². The second-order valence-corrected chi connectivity index (χ2v) is 9.12. The first-order valence-corrected chi connectivity index (χ1v) is 11.6. The van der Waals surface area contributed by atoms with Gasteiger partial charge in [0.1, 0.15) is 6.04 Å². The summed E-state index contributed by atoms with van der Waals surface area (Å²) in [5.41, 5.74) is 3.91. The molecule has 0 aliphatic rings. The van der Waals surface area contributed by atoms with Crippen LogP contribution in [0.15, 0.2) is 78.9 Å². The Bertz CT molecular complexity index is 1080. The van der Waals surface area contributed by atoms with Crippen molar-refractivity contribution in [3.05, 3.63) is 106 Å². The number of nitrogens with one attached hydrogen (secondary N) is 1. The fraction of sp³-hybridized carbons (Fsp3) is 0.286. The molecule has 33 heavy (non-hydrogen) atoms. The number of hydrogen-bond donors (Lipinski definition) is 1. The Labute approximate surface area is 201 Å². The van der Waals surface area contributed by atoms with Crippen LogP contribution in [-0.4, -0.2) is 28.8 Å². The molecule has 0 heterocycles. The zero-order chi connectivity index (χ0) is 23.8. The van der Waals surface area contributed by atoms with Crippen molar-refractivity contribution >= 4 is 23.4 Å². The van der Waals surface area contributed by atoms with E-state index in [1.807, 2.05) is 93.6 Å². The van der Waals surface area contributed by atoms with E-state index in [1.54, 1.807) is 11.0 Å². The van der Waals surface area contributed by atoms with Crippen LogP contribution in [0, 0.1) is 6.92 Å². The first kappa shape index (κ1) is 24.5. The van der Waals surface area contributed by atoms with Crippen LogP contribution in [0.5, 0.6) is 0 Å². The molecule has 3 aromatic rings. The van der Waals surface area contributed by atoms with Gasteiger partial charge < -0.3 is 10.2 Å². The van der Waals surface area contributed by atoms with Crippen molar-refractivity contribution in [2.24, 2.45) is 0 Å². The number of rotatable bonds is 9. The summed E-state index contributed by atoms with van der Waals surface area (Å²) in [7, 11) is 0. The summed E-state index contributed by atoms with van der Waals surface area (Å²) < 4.78 is 0. The highest BCUT2D eigenvalue weighted by atomic mass is 35.5. The van der Waals surface area contributed by atoms with Gasteiger partial charge in [0.2, 0.25) is 11.8 Å². The zero-order valence-electron chi connectivity index (χ0n) is 19.4. The normalized spacial score (nSPS) is 11.8. The van der Waals surface area contributed by atoms with Crippen LogP contribution in [0.4, 0.5) is 0 Å². The molecule has 2 amide bonds. The van der Waals surface area contributed by atoms with E-state index in [2.05, 4.69) is 5.32 Å². The molecule has 0 fully saturated rings. The van der Waals surface area contributed by atoms with E-state index in [9.17, 15) is 9.59 Å². The molecule has 172 valence electrons. The Morgan fingerprint density at radius 3 is 2.21 bits per heavy atom. The molecule has 0 unspecified atom stereocenters. The number of carbonyl (C=O) groups excluding carboxylic acids is 2. The lowest BCUT2D eigenvalue weighted by atomic mass is 10.0. The number of amides is 2.